The molecule has 0 heterocycles. The summed E-state index contributed by atoms with van der Waals surface area (Å²) in [7, 11) is -3.58. The number of benzene rings is 1. The SMILES string of the molecule is C#CC(C)NS(=O)(=O)c1ccc(Br)cc1Br. The van der Waals surface area contributed by atoms with Crippen molar-refractivity contribution < 1.29 is 8.42 Å². The van der Waals surface area contributed by atoms with Gasteiger partial charge in [-0.15, -0.1) is 6.42 Å². The Bertz CT molecular complexity index is 534. The predicted molar refractivity (Wildman–Crippen MR) is 70.5 cm³/mol. The van der Waals surface area contributed by atoms with Gasteiger partial charge in [0.15, 0.2) is 0 Å². The average molecular weight is 367 g/mol. The Morgan fingerprint density at radius 3 is 2.56 bits per heavy atom. The number of nitrogens with one attached hydrogen (secondary N) is 1. The van der Waals surface area contributed by atoms with E-state index in [1.165, 1.54) is 6.07 Å². The van der Waals surface area contributed by atoms with Crippen molar-refractivity contribution in [1.82, 2.24) is 4.72 Å². The van der Waals surface area contributed by atoms with Gasteiger partial charge in [0.2, 0.25) is 10.0 Å². The normalized spacial score (nSPS) is 13.1. The van der Waals surface area contributed by atoms with E-state index >= 15 is 0 Å². The molecular weight excluding hydrogens is 358 g/mol. The standard InChI is InChI=1S/C10H9Br2NO2S/c1-3-7(2)13-16(14,15)10-5-4-8(11)6-9(10)12/h1,4-7,13H,2H3. The van der Waals surface area contributed by atoms with Crippen molar-refractivity contribution in [2.24, 2.45) is 0 Å². The highest BCUT2D eigenvalue weighted by atomic mass is 79.9. The summed E-state index contributed by atoms with van der Waals surface area (Å²) in [5.41, 5.74) is 0. The van der Waals surface area contributed by atoms with E-state index in [0.717, 1.165) is 4.47 Å². The molecule has 0 fully saturated rings. The van der Waals surface area contributed by atoms with Gasteiger partial charge in [0.25, 0.3) is 0 Å². The highest BCUT2D eigenvalue weighted by molar-refractivity contribution is 9.11. The summed E-state index contributed by atoms with van der Waals surface area (Å²) in [4.78, 5) is 0.165. The lowest BCUT2D eigenvalue weighted by atomic mass is 10.4. The smallest absolute Gasteiger partial charge is 0.207 e. The molecule has 0 aliphatic rings. The van der Waals surface area contributed by atoms with Crippen molar-refractivity contribution in [1.29, 1.82) is 0 Å². The number of hydrogen-bond acceptors (Lipinski definition) is 2. The molecule has 1 aromatic carbocycles. The lowest BCUT2D eigenvalue weighted by Gasteiger charge is -2.10. The molecule has 3 nitrogen and oxygen atoms in total. The third-order valence-electron chi connectivity index (χ3n) is 1.77. The summed E-state index contributed by atoms with van der Waals surface area (Å²) < 4.78 is 27.4. The van der Waals surface area contributed by atoms with Crippen LogP contribution >= 0.6 is 31.9 Å². The molecule has 1 atom stereocenters. The van der Waals surface area contributed by atoms with Gasteiger partial charge in [-0.2, -0.15) is 4.72 Å². The fraction of sp³-hybridized carbons (Fsp3) is 0.200. The summed E-state index contributed by atoms with van der Waals surface area (Å²) >= 11 is 6.44. The van der Waals surface area contributed by atoms with Crippen LogP contribution in [0.25, 0.3) is 0 Å². The molecule has 16 heavy (non-hydrogen) atoms. The third kappa shape index (κ3) is 3.32. The van der Waals surface area contributed by atoms with Crippen LogP contribution in [0.1, 0.15) is 6.92 Å². The van der Waals surface area contributed by atoms with Crippen LogP contribution in [0, 0.1) is 12.3 Å². The second-order valence-electron chi connectivity index (χ2n) is 3.08. The van der Waals surface area contributed by atoms with Crippen LogP contribution in [0.5, 0.6) is 0 Å². The van der Waals surface area contributed by atoms with Gasteiger partial charge in [-0.05, 0) is 41.1 Å². The molecule has 0 aromatic heterocycles. The van der Waals surface area contributed by atoms with Crippen LogP contribution in [0.4, 0.5) is 0 Å². The number of terminal acetylenes is 1. The quantitative estimate of drug-likeness (QED) is 0.835. The number of sulfonamides is 1. The molecule has 0 aliphatic heterocycles. The number of halogens is 2. The molecular formula is C10H9Br2NO2S. The average Bonchev–Trinajstić information content (AvgIpc) is 2.16. The first-order valence-electron chi connectivity index (χ1n) is 4.30. The van der Waals surface area contributed by atoms with E-state index in [-0.39, 0.29) is 4.90 Å². The Hall–Kier alpha value is -0.350. The molecule has 1 aromatic rings. The minimum Gasteiger partial charge on any atom is -0.207 e. The maximum absolute atomic E-state index is 11.9. The largest absolute Gasteiger partial charge is 0.242 e. The van der Waals surface area contributed by atoms with Crippen molar-refractivity contribution in [3.05, 3.63) is 27.1 Å². The molecule has 1 unspecified atom stereocenters. The van der Waals surface area contributed by atoms with Crippen LogP contribution in [-0.2, 0) is 10.0 Å². The summed E-state index contributed by atoms with van der Waals surface area (Å²) in [6.45, 7) is 1.60. The fourth-order valence-corrected chi connectivity index (χ4v) is 3.93. The molecule has 0 amide bonds. The minimum absolute atomic E-state index is 0.165. The molecule has 1 rings (SSSR count). The van der Waals surface area contributed by atoms with Crippen LogP contribution in [0.15, 0.2) is 32.0 Å². The van der Waals surface area contributed by atoms with Crippen molar-refractivity contribution in [3.8, 4) is 12.3 Å². The summed E-state index contributed by atoms with van der Waals surface area (Å²) in [6.07, 6.45) is 5.12. The summed E-state index contributed by atoms with van der Waals surface area (Å²) in [5, 5.41) is 0. The van der Waals surface area contributed by atoms with Gasteiger partial charge < -0.3 is 0 Å². The summed E-state index contributed by atoms with van der Waals surface area (Å²) in [5.74, 6) is 2.31. The monoisotopic (exact) mass is 365 g/mol. The van der Waals surface area contributed by atoms with Crippen molar-refractivity contribution >= 4 is 41.9 Å². The maximum Gasteiger partial charge on any atom is 0.242 e. The zero-order valence-electron chi connectivity index (χ0n) is 8.37. The molecule has 0 bridgehead atoms. The van der Waals surface area contributed by atoms with Gasteiger partial charge in [0.1, 0.15) is 0 Å². The fourth-order valence-electron chi connectivity index (χ4n) is 1.02. The van der Waals surface area contributed by atoms with Gasteiger partial charge >= 0.3 is 0 Å². The van der Waals surface area contributed by atoms with Gasteiger partial charge in [0.05, 0.1) is 10.9 Å². The second-order valence-corrected chi connectivity index (χ2v) is 6.54. The van der Waals surface area contributed by atoms with E-state index in [2.05, 4.69) is 42.5 Å². The molecule has 0 radical (unpaired) electrons. The van der Waals surface area contributed by atoms with Gasteiger partial charge in [-0.25, -0.2) is 8.42 Å². The van der Waals surface area contributed by atoms with Gasteiger partial charge in [-0.3, -0.25) is 0 Å². The molecule has 0 saturated heterocycles. The van der Waals surface area contributed by atoms with Crippen LogP contribution in [-0.4, -0.2) is 14.5 Å². The lowest BCUT2D eigenvalue weighted by Crippen LogP contribution is -2.31. The van der Waals surface area contributed by atoms with Gasteiger partial charge in [-0.1, -0.05) is 21.9 Å². The Balaban J connectivity index is 3.14. The molecule has 6 heteroatoms. The van der Waals surface area contributed by atoms with Crippen molar-refractivity contribution in [2.75, 3.05) is 0 Å². The molecule has 1 N–H and O–H groups in total. The second kappa shape index (κ2) is 5.32. The molecule has 86 valence electrons. The van der Waals surface area contributed by atoms with E-state index in [0.29, 0.717) is 4.47 Å². The summed E-state index contributed by atoms with van der Waals surface area (Å²) in [6, 6.07) is 4.27. The molecule has 0 saturated carbocycles. The maximum atomic E-state index is 11.9. The Morgan fingerprint density at radius 2 is 2.06 bits per heavy atom. The highest BCUT2D eigenvalue weighted by Crippen LogP contribution is 2.25. The zero-order chi connectivity index (χ0) is 12.3. The third-order valence-corrected chi connectivity index (χ3v) is 4.78. The van der Waals surface area contributed by atoms with Crippen molar-refractivity contribution in [2.45, 2.75) is 17.9 Å². The van der Waals surface area contributed by atoms with E-state index in [4.69, 9.17) is 6.42 Å². The van der Waals surface area contributed by atoms with Crippen LogP contribution in [0.3, 0.4) is 0 Å². The number of hydrogen-bond donors (Lipinski definition) is 1. The van der Waals surface area contributed by atoms with E-state index < -0.39 is 16.1 Å². The van der Waals surface area contributed by atoms with Gasteiger partial charge in [0, 0.05) is 8.95 Å². The first-order chi connectivity index (χ1) is 7.36. The first kappa shape index (κ1) is 13.7. The molecule has 0 spiro atoms. The topological polar surface area (TPSA) is 46.2 Å². The van der Waals surface area contributed by atoms with Crippen LogP contribution in [0.2, 0.25) is 0 Å². The lowest BCUT2D eigenvalue weighted by molar-refractivity contribution is 0.577. The Kier molecular flexibility index (Phi) is 4.56. The number of rotatable bonds is 3. The first-order valence-corrected chi connectivity index (χ1v) is 7.37. The van der Waals surface area contributed by atoms with Crippen LogP contribution < -0.4 is 4.72 Å². The van der Waals surface area contributed by atoms with E-state index in [1.54, 1.807) is 19.1 Å². The molecule has 0 aliphatic carbocycles. The zero-order valence-corrected chi connectivity index (χ0v) is 12.4. The Labute approximate surface area is 112 Å². The van der Waals surface area contributed by atoms with Crippen molar-refractivity contribution in [3.63, 3.8) is 0 Å². The predicted octanol–water partition coefficient (Wildman–Crippen LogP) is 2.51. The van der Waals surface area contributed by atoms with E-state index in [1.807, 2.05) is 0 Å². The Morgan fingerprint density at radius 1 is 1.44 bits per heavy atom. The minimum atomic E-state index is -3.58. The highest BCUT2D eigenvalue weighted by Gasteiger charge is 2.19. The van der Waals surface area contributed by atoms with E-state index in [9.17, 15) is 8.42 Å².